The zero-order valence-corrected chi connectivity index (χ0v) is 11.0. The van der Waals surface area contributed by atoms with E-state index in [2.05, 4.69) is 11.8 Å². The lowest BCUT2D eigenvalue weighted by Crippen LogP contribution is -2.48. The quantitative estimate of drug-likeness (QED) is 0.862. The van der Waals surface area contributed by atoms with Crippen LogP contribution in [-0.4, -0.2) is 53.5 Å². The number of carbonyl (C=O) groups is 1. The second kappa shape index (κ2) is 5.40. The van der Waals surface area contributed by atoms with Crippen molar-refractivity contribution >= 4 is 5.91 Å². The topological polar surface area (TPSA) is 43.8 Å². The highest BCUT2D eigenvalue weighted by Gasteiger charge is 2.21. The van der Waals surface area contributed by atoms with Crippen LogP contribution in [0.1, 0.15) is 22.8 Å². The molecule has 0 spiro atoms. The van der Waals surface area contributed by atoms with E-state index in [4.69, 9.17) is 0 Å². The lowest BCUT2D eigenvalue weighted by molar-refractivity contribution is 0.0643. The molecule has 0 radical (unpaired) electrons. The van der Waals surface area contributed by atoms with Crippen LogP contribution in [0.4, 0.5) is 0 Å². The number of piperazine rings is 1. The van der Waals surface area contributed by atoms with Gasteiger partial charge in [-0.25, -0.2) is 0 Å². The molecule has 1 N–H and O–H groups in total. The number of carbonyl (C=O) groups excluding carboxylic acids is 1. The average molecular weight is 248 g/mol. The number of aryl methyl sites for hydroxylation is 1. The predicted molar refractivity (Wildman–Crippen MR) is 70.9 cm³/mol. The fourth-order valence-corrected chi connectivity index (χ4v) is 2.19. The van der Waals surface area contributed by atoms with E-state index in [0.29, 0.717) is 5.56 Å². The van der Waals surface area contributed by atoms with E-state index in [9.17, 15) is 9.90 Å². The number of rotatable bonds is 2. The minimum Gasteiger partial charge on any atom is -0.508 e. The molecular weight excluding hydrogens is 228 g/mol. The van der Waals surface area contributed by atoms with Gasteiger partial charge in [0.1, 0.15) is 5.75 Å². The van der Waals surface area contributed by atoms with Crippen molar-refractivity contribution in [3.05, 3.63) is 29.3 Å². The Hall–Kier alpha value is -1.55. The van der Waals surface area contributed by atoms with Crippen molar-refractivity contribution in [2.75, 3.05) is 32.7 Å². The summed E-state index contributed by atoms with van der Waals surface area (Å²) in [6.45, 7) is 8.38. The third-order valence-electron chi connectivity index (χ3n) is 3.56. The van der Waals surface area contributed by atoms with Crippen molar-refractivity contribution in [2.24, 2.45) is 0 Å². The molecule has 2 rings (SSSR count). The maximum Gasteiger partial charge on any atom is 0.254 e. The van der Waals surface area contributed by atoms with E-state index in [0.717, 1.165) is 38.3 Å². The summed E-state index contributed by atoms with van der Waals surface area (Å²) in [5, 5.41) is 9.65. The lowest BCUT2D eigenvalue weighted by Gasteiger charge is -2.34. The van der Waals surface area contributed by atoms with Crippen molar-refractivity contribution in [3.8, 4) is 5.75 Å². The number of benzene rings is 1. The van der Waals surface area contributed by atoms with Gasteiger partial charge in [0.05, 0.1) is 0 Å². The summed E-state index contributed by atoms with van der Waals surface area (Å²) in [4.78, 5) is 16.4. The Morgan fingerprint density at radius 3 is 2.50 bits per heavy atom. The first-order valence-corrected chi connectivity index (χ1v) is 6.43. The van der Waals surface area contributed by atoms with Gasteiger partial charge in [0.25, 0.3) is 5.91 Å². The van der Waals surface area contributed by atoms with E-state index >= 15 is 0 Å². The van der Waals surface area contributed by atoms with Gasteiger partial charge >= 0.3 is 0 Å². The molecule has 98 valence electrons. The summed E-state index contributed by atoms with van der Waals surface area (Å²) in [5.41, 5.74) is 1.37. The van der Waals surface area contributed by atoms with E-state index in [1.165, 1.54) is 0 Å². The van der Waals surface area contributed by atoms with Crippen LogP contribution in [0.3, 0.4) is 0 Å². The highest BCUT2D eigenvalue weighted by molar-refractivity contribution is 5.94. The monoisotopic (exact) mass is 248 g/mol. The summed E-state index contributed by atoms with van der Waals surface area (Å²) in [5.74, 6) is 0.203. The molecule has 1 aromatic rings. The minimum absolute atomic E-state index is 0.0149. The molecular formula is C14H20N2O2. The molecule has 1 heterocycles. The Labute approximate surface area is 108 Å². The van der Waals surface area contributed by atoms with Crippen LogP contribution in [0.25, 0.3) is 0 Å². The Kier molecular flexibility index (Phi) is 3.87. The van der Waals surface area contributed by atoms with Gasteiger partial charge in [0.15, 0.2) is 0 Å². The fourth-order valence-electron chi connectivity index (χ4n) is 2.19. The van der Waals surface area contributed by atoms with Gasteiger partial charge in [-0.2, -0.15) is 0 Å². The number of nitrogens with zero attached hydrogens (tertiary/aromatic N) is 2. The first kappa shape index (κ1) is 12.9. The molecule has 1 fully saturated rings. The second-order valence-corrected chi connectivity index (χ2v) is 4.73. The highest BCUT2D eigenvalue weighted by atomic mass is 16.3. The Balaban J connectivity index is 2.05. The van der Waals surface area contributed by atoms with Crippen LogP contribution in [0, 0.1) is 6.92 Å². The van der Waals surface area contributed by atoms with Crippen LogP contribution in [0.2, 0.25) is 0 Å². The second-order valence-electron chi connectivity index (χ2n) is 4.73. The third kappa shape index (κ3) is 2.64. The smallest absolute Gasteiger partial charge is 0.254 e. The third-order valence-corrected chi connectivity index (χ3v) is 3.56. The predicted octanol–water partition coefficient (Wildman–Crippen LogP) is 1.48. The molecule has 0 aliphatic carbocycles. The first-order chi connectivity index (χ1) is 8.61. The summed E-state index contributed by atoms with van der Waals surface area (Å²) >= 11 is 0. The fraction of sp³-hybridized carbons (Fsp3) is 0.500. The molecule has 4 nitrogen and oxygen atoms in total. The molecule has 1 aromatic carbocycles. The van der Waals surface area contributed by atoms with Gasteiger partial charge in [0.2, 0.25) is 0 Å². The van der Waals surface area contributed by atoms with Gasteiger partial charge < -0.3 is 14.9 Å². The molecule has 1 saturated heterocycles. The number of amides is 1. The normalized spacial score (nSPS) is 16.9. The lowest BCUT2D eigenvalue weighted by atomic mass is 10.1. The molecule has 0 aromatic heterocycles. The molecule has 0 atom stereocenters. The zero-order valence-electron chi connectivity index (χ0n) is 11.0. The molecule has 4 heteroatoms. The number of hydrogen-bond donors (Lipinski definition) is 1. The van der Waals surface area contributed by atoms with E-state index < -0.39 is 0 Å². The zero-order chi connectivity index (χ0) is 13.1. The maximum absolute atomic E-state index is 12.3. The molecule has 0 saturated carbocycles. The van der Waals surface area contributed by atoms with Crippen molar-refractivity contribution in [1.82, 2.24) is 9.80 Å². The number of hydrogen-bond acceptors (Lipinski definition) is 3. The van der Waals surface area contributed by atoms with Crippen LogP contribution >= 0.6 is 0 Å². The highest BCUT2D eigenvalue weighted by Crippen LogP contribution is 2.19. The van der Waals surface area contributed by atoms with Gasteiger partial charge in [-0.3, -0.25) is 4.79 Å². The summed E-state index contributed by atoms with van der Waals surface area (Å²) in [6, 6.07) is 5.12. The van der Waals surface area contributed by atoms with Crippen molar-refractivity contribution in [3.63, 3.8) is 0 Å². The average Bonchev–Trinajstić information content (AvgIpc) is 2.41. The Morgan fingerprint density at radius 2 is 1.94 bits per heavy atom. The molecule has 1 aliphatic heterocycles. The van der Waals surface area contributed by atoms with E-state index in [1.54, 1.807) is 18.2 Å². The van der Waals surface area contributed by atoms with Gasteiger partial charge in [-0.05, 0) is 31.2 Å². The number of likely N-dealkylation sites (N-methyl/N-ethyl adjacent to an activating group) is 1. The summed E-state index contributed by atoms with van der Waals surface area (Å²) in [7, 11) is 0. The molecule has 1 amide bonds. The largest absolute Gasteiger partial charge is 0.508 e. The SMILES string of the molecule is CCN1CCN(C(=O)c2ccc(C)c(O)c2)CC1. The van der Waals surface area contributed by atoms with Gasteiger partial charge in [-0.1, -0.05) is 13.0 Å². The number of phenolic OH excluding ortho intramolecular Hbond substituents is 1. The van der Waals surface area contributed by atoms with Gasteiger partial charge in [0, 0.05) is 31.7 Å². The Morgan fingerprint density at radius 1 is 1.28 bits per heavy atom. The van der Waals surface area contributed by atoms with Crippen LogP contribution in [0.5, 0.6) is 5.75 Å². The Bertz CT molecular complexity index is 437. The van der Waals surface area contributed by atoms with Crippen molar-refractivity contribution < 1.29 is 9.90 Å². The number of phenols is 1. The standard InChI is InChI=1S/C14H20N2O2/c1-3-15-6-8-16(9-7-15)14(18)12-5-4-11(2)13(17)10-12/h4-5,10,17H,3,6-9H2,1-2H3. The van der Waals surface area contributed by atoms with Crippen molar-refractivity contribution in [2.45, 2.75) is 13.8 Å². The van der Waals surface area contributed by atoms with E-state index in [1.807, 2.05) is 11.8 Å². The molecule has 0 bridgehead atoms. The minimum atomic E-state index is 0.0149. The van der Waals surface area contributed by atoms with Crippen LogP contribution in [0.15, 0.2) is 18.2 Å². The first-order valence-electron chi connectivity index (χ1n) is 6.43. The van der Waals surface area contributed by atoms with Crippen LogP contribution < -0.4 is 0 Å². The number of aromatic hydroxyl groups is 1. The molecule has 0 unspecified atom stereocenters. The van der Waals surface area contributed by atoms with Gasteiger partial charge in [-0.15, -0.1) is 0 Å². The summed E-state index contributed by atoms with van der Waals surface area (Å²) in [6.07, 6.45) is 0. The van der Waals surface area contributed by atoms with Crippen LogP contribution in [-0.2, 0) is 0 Å². The maximum atomic E-state index is 12.3. The van der Waals surface area contributed by atoms with Crippen molar-refractivity contribution in [1.29, 1.82) is 0 Å². The van der Waals surface area contributed by atoms with E-state index in [-0.39, 0.29) is 11.7 Å². The molecule has 1 aliphatic rings. The molecule has 18 heavy (non-hydrogen) atoms. The summed E-state index contributed by atoms with van der Waals surface area (Å²) < 4.78 is 0.